The first-order valence-electron chi connectivity index (χ1n) is 4.58. The summed E-state index contributed by atoms with van der Waals surface area (Å²) in [4.78, 5) is 0. The van der Waals surface area contributed by atoms with E-state index in [9.17, 15) is 5.11 Å². The quantitative estimate of drug-likeness (QED) is 0.835. The minimum atomic E-state index is -0.674. The van der Waals surface area contributed by atoms with Crippen molar-refractivity contribution in [2.24, 2.45) is 0 Å². The van der Waals surface area contributed by atoms with Crippen LogP contribution in [-0.4, -0.2) is 5.11 Å². The third-order valence-electron chi connectivity index (χ3n) is 2.80. The smallest absolute Gasteiger partial charge is 0.100 e. The van der Waals surface area contributed by atoms with Gasteiger partial charge in [-0.05, 0) is 52.9 Å². The standard InChI is InChI=1S/C11H10BrNO/c12-10-3-2-9(6-8(10)7-13)11(14)4-1-5-11/h2-3,6,14H,1,4-5H2. The van der Waals surface area contributed by atoms with E-state index >= 15 is 0 Å². The average molecular weight is 252 g/mol. The third-order valence-corrected chi connectivity index (χ3v) is 3.50. The zero-order chi connectivity index (χ0) is 10.2. The van der Waals surface area contributed by atoms with E-state index in [1.807, 2.05) is 12.1 Å². The van der Waals surface area contributed by atoms with Gasteiger partial charge in [0.15, 0.2) is 0 Å². The molecule has 1 saturated carbocycles. The van der Waals surface area contributed by atoms with Gasteiger partial charge in [-0.25, -0.2) is 0 Å². The highest BCUT2D eigenvalue weighted by Crippen LogP contribution is 2.41. The molecule has 14 heavy (non-hydrogen) atoms. The molecule has 0 aliphatic heterocycles. The van der Waals surface area contributed by atoms with Gasteiger partial charge in [0.05, 0.1) is 11.2 Å². The van der Waals surface area contributed by atoms with E-state index in [0.717, 1.165) is 29.3 Å². The summed E-state index contributed by atoms with van der Waals surface area (Å²) in [6.45, 7) is 0. The van der Waals surface area contributed by atoms with E-state index in [0.29, 0.717) is 5.56 Å². The third kappa shape index (κ3) is 1.45. The van der Waals surface area contributed by atoms with Crippen LogP contribution < -0.4 is 0 Å². The SMILES string of the molecule is N#Cc1cc(C2(O)CCC2)ccc1Br. The van der Waals surface area contributed by atoms with Gasteiger partial charge in [0, 0.05) is 4.47 Å². The Hall–Kier alpha value is -0.850. The molecule has 1 aromatic carbocycles. The summed E-state index contributed by atoms with van der Waals surface area (Å²) >= 11 is 3.29. The van der Waals surface area contributed by atoms with Crippen molar-refractivity contribution < 1.29 is 5.11 Å². The minimum absolute atomic E-state index is 0.586. The Balaban J connectivity index is 2.41. The van der Waals surface area contributed by atoms with E-state index in [2.05, 4.69) is 22.0 Å². The highest BCUT2D eigenvalue weighted by molar-refractivity contribution is 9.10. The Morgan fingerprint density at radius 2 is 2.14 bits per heavy atom. The number of benzene rings is 1. The maximum atomic E-state index is 10.1. The molecule has 0 unspecified atom stereocenters. The number of halogens is 1. The summed E-state index contributed by atoms with van der Waals surface area (Å²) in [5.74, 6) is 0. The van der Waals surface area contributed by atoms with E-state index < -0.39 is 5.60 Å². The van der Waals surface area contributed by atoms with Gasteiger partial charge < -0.3 is 5.11 Å². The van der Waals surface area contributed by atoms with Crippen molar-refractivity contribution in [2.45, 2.75) is 24.9 Å². The zero-order valence-electron chi connectivity index (χ0n) is 7.63. The van der Waals surface area contributed by atoms with Crippen molar-refractivity contribution in [1.29, 1.82) is 5.26 Å². The summed E-state index contributed by atoms with van der Waals surface area (Å²) in [5.41, 5.74) is 0.776. The molecular formula is C11H10BrNO. The first-order chi connectivity index (χ1) is 6.65. The predicted molar refractivity (Wildman–Crippen MR) is 56.6 cm³/mol. The van der Waals surface area contributed by atoms with Gasteiger partial charge in [0.1, 0.15) is 6.07 Å². The summed E-state index contributed by atoms with van der Waals surface area (Å²) < 4.78 is 0.784. The van der Waals surface area contributed by atoms with Gasteiger partial charge >= 0.3 is 0 Å². The second-order valence-corrected chi connectivity index (χ2v) is 4.55. The molecule has 1 aliphatic carbocycles. The highest BCUT2D eigenvalue weighted by atomic mass is 79.9. The van der Waals surface area contributed by atoms with Crippen LogP contribution >= 0.6 is 15.9 Å². The molecular weight excluding hydrogens is 242 g/mol. The monoisotopic (exact) mass is 251 g/mol. The van der Waals surface area contributed by atoms with Crippen LogP contribution in [0, 0.1) is 11.3 Å². The van der Waals surface area contributed by atoms with Crippen LogP contribution in [-0.2, 0) is 5.60 Å². The first-order valence-corrected chi connectivity index (χ1v) is 5.37. The summed E-state index contributed by atoms with van der Waals surface area (Å²) in [6, 6.07) is 7.57. The van der Waals surface area contributed by atoms with Gasteiger partial charge in [-0.15, -0.1) is 0 Å². The van der Waals surface area contributed by atoms with Gasteiger partial charge in [0.2, 0.25) is 0 Å². The average Bonchev–Trinajstić information content (AvgIpc) is 2.15. The lowest BCUT2D eigenvalue weighted by Crippen LogP contribution is -2.33. The summed E-state index contributed by atoms with van der Waals surface area (Å²) in [7, 11) is 0. The summed E-state index contributed by atoms with van der Waals surface area (Å²) in [5, 5.41) is 18.9. The van der Waals surface area contributed by atoms with Crippen LogP contribution in [0.4, 0.5) is 0 Å². The molecule has 1 aliphatic rings. The lowest BCUT2D eigenvalue weighted by molar-refractivity contribution is -0.0388. The van der Waals surface area contributed by atoms with E-state index in [4.69, 9.17) is 5.26 Å². The molecule has 0 bridgehead atoms. The van der Waals surface area contributed by atoms with E-state index in [1.54, 1.807) is 6.07 Å². The molecule has 72 valence electrons. The molecule has 0 radical (unpaired) electrons. The second kappa shape index (κ2) is 3.38. The number of rotatable bonds is 1. The van der Waals surface area contributed by atoms with Crippen molar-refractivity contribution in [3.8, 4) is 6.07 Å². The molecule has 0 saturated heterocycles. The molecule has 0 spiro atoms. The second-order valence-electron chi connectivity index (χ2n) is 3.69. The van der Waals surface area contributed by atoms with Crippen molar-refractivity contribution >= 4 is 15.9 Å². The van der Waals surface area contributed by atoms with Crippen molar-refractivity contribution in [3.63, 3.8) is 0 Å². The molecule has 1 fully saturated rings. The zero-order valence-corrected chi connectivity index (χ0v) is 9.21. The Kier molecular flexibility index (Phi) is 2.34. The highest BCUT2D eigenvalue weighted by Gasteiger charge is 2.36. The molecule has 2 rings (SSSR count). The molecule has 2 nitrogen and oxygen atoms in total. The lowest BCUT2D eigenvalue weighted by Gasteiger charge is -2.37. The Bertz CT molecular complexity index is 404. The fourth-order valence-electron chi connectivity index (χ4n) is 1.70. The molecule has 1 aromatic rings. The van der Waals surface area contributed by atoms with Crippen LogP contribution in [0.1, 0.15) is 30.4 Å². The van der Waals surface area contributed by atoms with Crippen LogP contribution in [0.25, 0.3) is 0 Å². The molecule has 0 amide bonds. The molecule has 1 N–H and O–H groups in total. The van der Waals surface area contributed by atoms with E-state index in [-0.39, 0.29) is 0 Å². The van der Waals surface area contributed by atoms with Gasteiger partial charge in [0.25, 0.3) is 0 Å². The largest absolute Gasteiger partial charge is 0.385 e. The molecule has 3 heteroatoms. The topological polar surface area (TPSA) is 44.0 Å². The van der Waals surface area contributed by atoms with Gasteiger partial charge in [-0.2, -0.15) is 5.26 Å². The number of nitriles is 1. The van der Waals surface area contributed by atoms with Gasteiger partial charge in [-0.3, -0.25) is 0 Å². The van der Waals surface area contributed by atoms with Crippen molar-refractivity contribution in [2.75, 3.05) is 0 Å². The van der Waals surface area contributed by atoms with Crippen LogP contribution in [0.3, 0.4) is 0 Å². The molecule has 0 atom stereocenters. The fraction of sp³-hybridized carbons (Fsp3) is 0.364. The maximum Gasteiger partial charge on any atom is 0.100 e. The van der Waals surface area contributed by atoms with Crippen molar-refractivity contribution in [1.82, 2.24) is 0 Å². The maximum absolute atomic E-state index is 10.1. The minimum Gasteiger partial charge on any atom is -0.385 e. The summed E-state index contributed by atoms with van der Waals surface area (Å²) in [6.07, 6.45) is 2.67. The van der Waals surface area contributed by atoms with E-state index in [1.165, 1.54) is 0 Å². The normalized spacial score (nSPS) is 18.4. The Labute approximate surface area is 91.3 Å². The first kappa shape index (κ1) is 9.70. The lowest BCUT2D eigenvalue weighted by atomic mass is 9.75. The molecule has 0 aromatic heterocycles. The number of nitrogens with zero attached hydrogens (tertiary/aromatic N) is 1. The predicted octanol–water partition coefficient (Wildman–Crippen LogP) is 2.69. The van der Waals surface area contributed by atoms with Crippen molar-refractivity contribution in [3.05, 3.63) is 33.8 Å². The number of aliphatic hydroxyl groups is 1. The van der Waals surface area contributed by atoms with Crippen LogP contribution in [0.5, 0.6) is 0 Å². The van der Waals surface area contributed by atoms with Gasteiger partial charge in [-0.1, -0.05) is 6.07 Å². The Morgan fingerprint density at radius 3 is 2.64 bits per heavy atom. The van der Waals surface area contributed by atoms with Crippen LogP contribution in [0.2, 0.25) is 0 Å². The molecule has 0 heterocycles. The Morgan fingerprint density at radius 1 is 1.43 bits per heavy atom. The van der Waals surface area contributed by atoms with Crippen LogP contribution in [0.15, 0.2) is 22.7 Å². The number of hydrogen-bond donors (Lipinski definition) is 1. The fourth-order valence-corrected chi connectivity index (χ4v) is 2.04. The number of hydrogen-bond acceptors (Lipinski definition) is 2.